The molecule has 6 nitrogen and oxygen atoms in total. The van der Waals surface area contributed by atoms with Gasteiger partial charge in [-0.25, -0.2) is 9.78 Å². The van der Waals surface area contributed by atoms with Crippen molar-refractivity contribution in [3.63, 3.8) is 0 Å². The molecule has 2 heterocycles. The fourth-order valence-electron chi connectivity index (χ4n) is 1.85. The second-order valence-electron chi connectivity index (χ2n) is 4.27. The number of aromatic nitrogens is 3. The summed E-state index contributed by atoms with van der Waals surface area (Å²) in [5.74, 6) is 0.429. The number of para-hydroxylation sites is 2. The molecule has 0 radical (unpaired) electrons. The van der Waals surface area contributed by atoms with Gasteiger partial charge in [-0.05, 0) is 29.8 Å². The van der Waals surface area contributed by atoms with Crippen molar-refractivity contribution < 1.29 is 4.79 Å². The van der Waals surface area contributed by atoms with Crippen molar-refractivity contribution in [1.82, 2.24) is 20.3 Å². The summed E-state index contributed by atoms with van der Waals surface area (Å²) in [7, 11) is 0. The van der Waals surface area contributed by atoms with Crippen LogP contribution in [-0.4, -0.2) is 21.0 Å². The molecule has 20 heavy (non-hydrogen) atoms. The van der Waals surface area contributed by atoms with Gasteiger partial charge in [0.1, 0.15) is 0 Å². The Morgan fingerprint density at radius 1 is 1.15 bits per heavy atom. The third-order valence-electron chi connectivity index (χ3n) is 2.82. The zero-order valence-corrected chi connectivity index (χ0v) is 10.6. The van der Waals surface area contributed by atoms with Gasteiger partial charge in [0.05, 0.1) is 11.0 Å². The van der Waals surface area contributed by atoms with Gasteiger partial charge in [-0.15, -0.1) is 0 Å². The van der Waals surface area contributed by atoms with Gasteiger partial charge in [-0.3, -0.25) is 10.3 Å². The lowest BCUT2D eigenvalue weighted by molar-refractivity contribution is 0.251. The molecular weight excluding hydrogens is 254 g/mol. The van der Waals surface area contributed by atoms with Crippen LogP contribution in [0.25, 0.3) is 11.0 Å². The van der Waals surface area contributed by atoms with Gasteiger partial charge in [0.15, 0.2) is 0 Å². The first-order valence-corrected chi connectivity index (χ1v) is 6.20. The predicted molar refractivity (Wildman–Crippen MR) is 76.2 cm³/mol. The summed E-state index contributed by atoms with van der Waals surface area (Å²) in [5, 5.41) is 5.42. The Morgan fingerprint density at radius 2 is 1.95 bits per heavy atom. The summed E-state index contributed by atoms with van der Waals surface area (Å²) in [5.41, 5.74) is 2.69. The molecule has 0 fully saturated rings. The van der Waals surface area contributed by atoms with Gasteiger partial charge in [-0.1, -0.05) is 12.1 Å². The minimum absolute atomic E-state index is 0.305. The zero-order chi connectivity index (χ0) is 13.8. The molecule has 1 aromatic carbocycles. The van der Waals surface area contributed by atoms with E-state index in [1.807, 2.05) is 36.4 Å². The van der Waals surface area contributed by atoms with Crippen molar-refractivity contribution in [1.29, 1.82) is 0 Å². The molecule has 0 aliphatic heterocycles. The summed E-state index contributed by atoms with van der Waals surface area (Å²) in [6.07, 6.45) is 3.38. The molecule has 0 aliphatic carbocycles. The molecule has 0 unspecified atom stereocenters. The number of hydrogen-bond donors (Lipinski definition) is 3. The summed E-state index contributed by atoms with van der Waals surface area (Å²) < 4.78 is 0. The van der Waals surface area contributed by atoms with Gasteiger partial charge in [0, 0.05) is 18.9 Å². The second-order valence-corrected chi connectivity index (χ2v) is 4.27. The Morgan fingerprint density at radius 3 is 2.75 bits per heavy atom. The Balaban J connectivity index is 1.61. The third-order valence-corrected chi connectivity index (χ3v) is 2.82. The van der Waals surface area contributed by atoms with E-state index < -0.39 is 0 Å². The Bertz CT molecular complexity index is 690. The Kier molecular flexibility index (Phi) is 3.28. The molecule has 2 aromatic heterocycles. The lowest BCUT2D eigenvalue weighted by Gasteiger charge is -2.05. The standard InChI is InChI=1S/C14H13N5O/c20-14(16-9-10-5-7-15-8-6-10)19-13-17-11-3-1-2-4-12(11)18-13/h1-8H,9H2,(H3,16,17,18,19,20). The highest BCUT2D eigenvalue weighted by molar-refractivity contribution is 5.89. The van der Waals surface area contributed by atoms with E-state index in [4.69, 9.17) is 0 Å². The van der Waals surface area contributed by atoms with E-state index in [9.17, 15) is 4.79 Å². The van der Waals surface area contributed by atoms with Crippen molar-refractivity contribution >= 4 is 23.0 Å². The summed E-state index contributed by atoms with van der Waals surface area (Å²) in [4.78, 5) is 23.0. The topological polar surface area (TPSA) is 82.7 Å². The number of amides is 2. The van der Waals surface area contributed by atoms with Crippen LogP contribution >= 0.6 is 0 Å². The van der Waals surface area contributed by atoms with Crippen molar-refractivity contribution in [3.05, 3.63) is 54.4 Å². The smallest absolute Gasteiger partial charge is 0.321 e. The molecular formula is C14H13N5O. The molecule has 0 saturated heterocycles. The molecule has 0 aliphatic rings. The van der Waals surface area contributed by atoms with Crippen molar-refractivity contribution in [2.45, 2.75) is 6.54 Å². The normalized spacial score (nSPS) is 10.4. The SMILES string of the molecule is O=C(NCc1ccncc1)Nc1nc2ccccc2[nH]1. The first-order valence-electron chi connectivity index (χ1n) is 6.20. The first kappa shape index (κ1) is 12.2. The van der Waals surface area contributed by atoms with E-state index >= 15 is 0 Å². The maximum Gasteiger partial charge on any atom is 0.321 e. The van der Waals surface area contributed by atoms with E-state index in [-0.39, 0.29) is 6.03 Å². The number of H-pyrrole nitrogens is 1. The minimum atomic E-state index is -0.305. The summed E-state index contributed by atoms with van der Waals surface area (Å²) in [6.45, 7) is 0.439. The van der Waals surface area contributed by atoms with Crippen LogP contribution in [-0.2, 0) is 6.54 Å². The Hall–Kier alpha value is -2.89. The number of imidazole rings is 1. The van der Waals surface area contributed by atoms with Crippen LogP contribution in [0.5, 0.6) is 0 Å². The van der Waals surface area contributed by atoms with E-state index in [1.165, 1.54) is 0 Å². The number of benzene rings is 1. The van der Waals surface area contributed by atoms with Crippen molar-refractivity contribution in [2.24, 2.45) is 0 Å². The van der Waals surface area contributed by atoms with Crippen LogP contribution in [0.15, 0.2) is 48.8 Å². The van der Waals surface area contributed by atoms with Crippen LogP contribution in [0, 0.1) is 0 Å². The van der Waals surface area contributed by atoms with Crippen LogP contribution < -0.4 is 10.6 Å². The highest BCUT2D eigenvalue weighted by Gasteiger charge is 2.05. The quantitative estimate of drug-likeness (QED) is 0.680. The molecule has 100 valence electrons. The molecule has 0 spiro atoms. The first-order chi connectivity index (χ1) is 9.81. The van der Waals surface area contributed by atoms with E-state index in [0.717, 1.165) is 16.6 Å². The second kappa shape index (κ2) is 5.40. The highest BCUT2D eigenvalue weighted by Crippen LogP contribution is 2.12. The molecule has 0 bridgehead atoms. The van der Waals surface area contributed by atoms with Gasteiger partial charge in [0.2, 0.25) is 5.95 Å². The largest absolute Gasteiger partial charge is 0.334 e. The minimum Gasteiger partial charge on any atom is -0.334 e. The lowest BCUT2D eigenvalue weighted by Crippen LogP contribution is -2.28. The number of hydrogen-bond acceptors (Lipinski definition) is 3. The average molecular weight is 267 g/mol. The monoisotopic (exact) mass is 267 g/mol. The van der Waals surface area contributed by atoms with Crippen molar-refractivity contribution in [2.75, 3.05) is 5.32 Å². The van der Waals surface area contributed by atoms with Crippen LogP contribution in [0.3, 0.4) is 0 Å². The fourth-order valence-corrected chi connectivity index (χ4v) is 1.85. The maximum atomic E-state index is 11.8. The molecule has 3 rings (SSSR count). The van der Waals surface area contributed by atoms with E-state index in [0.29, 0.717) is 12.5 Å². The number of carbonyl (C=O) groups is 1. The lowest BCUT2D eigenvalue weighted by atomic mass is 10.3. The number of rotatable bonds is 3. The predicted octanol–water partition coefficient (Wildman–Crippen LogP) is 2.28. The van der Waals surface area contributed by atoms with E-state index in [1.54, 1.807) is 12.4 Å². The molecule has 3 N–H and O–H groups in total. The molecule has 3 aromatic rings. The molecule has 0 saturated carbocycles. The van der Waals surface area contributed by atoms with Crippen molar-refractivity contribution in [3.8, 4) is 0 Å². The summed E-state index contributed by atoms with van der Waals surface area (Å²) in [6, 6.07) is 11.0. The van der Waals surface area contributed by atoms with Crippen LogP contribution in [0.1, 0.15) is 5.56 Å². The number of carbonyl (C=O) groups excluding carboxylic acids is 1. The molecule has 6 heteroatoms. The number of nitrogens with one attached hydrogen (secondary N) is 3. The van der Waals surface area contributed by atoms with Crippen LogP contribution in [0.2, 0.25) is 0 Å². The summed E-state index contributed by atoms with van der Waals surface area (Å²) >= 11 is 0. The molecule has 0 atom stereocenters. The number of anilines is 1. The van der Waals surface area contributed by atoms with Crippen LogP contribution in [0.4, 0.5) is 10.7 Å². The van der Waals surface area contributed by atoms with Gasteiger partial charge < -0.3 is 10.3 Å². The fraction of sp³-hybridized carbons (Fsp3) is 0.0714. The van der Waals surface area contributed by atoms with E-state index in [2.05, 4.69) is 25.6 Å². The van der Waals surface area contributed by atoms with Gasteiger partial charge in [-0.2, -0.15) is 0 Å². The number of fused-ring (bicyclic) bond motifs is 1. The Labute approximate surface area is 115 Å². The number of pyridine rings is 1. The average Bonchev–Trinajstić information content (AvgIpc) is 2.88. The highest BCUT2D eigenvalue weighted by atomic mass is 16.2. The molecule has 2 amide bonds. The number of aromatic amines is 1. The van der Waals surface area contributed by atoms with Gasteiger partial charge in [0.25, 0.3) is 0 Å². The maximum absolute atomic E-state index is 11.8. The number of nitrogens with zero attached hydrogens (tertiary/aromatic N) is 2. The van der Waals surface area contributed by atoms with Gasteiger partial charge >= 0.3 is 6.03 Å². The third kappa shape index (κ3) is 2.74. The number of urea groups is 1. The zero-order valence-electron chi connectivity index (χ0n) is 10.6.